The molecule has 4 aromatic rings. The van der Waals surface area contributed by atoms with Crippen LogP contribution in [0.3, 0.4) is 0 Å². The maximum absolute atomic E-state index is 14.6. The molecule has 3 heterocycles. The van der Waals surface area contributed by atoms with Crippen LogP contribution in [0.5, 0.6) is 0 Å². The number of alkyl halides is 2. The summed E-state index contributed by atoms with van der Waals surface area (Å²) in [6.07, 6.45) is -0.387. The number of carbonyl (C=O) groups is 1. The molecule has 0 amide bonds. The minimum absolute atomic E-state index is 0.0642. The van der Waals surface area contributed by atoms with Crippen LogP contribution in [-0.4, -0.2) is 32.6 Å². The van der Waals surface area contributed by atoms with Crippen LogP contribution in [0.15, 0.2) is 47.4 Å². The number of anilines is 2. The largest absolute Gasteiger partial charge is 0.442 e. The van der Waals surface area contributed by atoms with Gasteiger partial charge < -0.3 is 14.2 Å². The van der Waals surface area contributed by atoms with Crippen molar-refractivity contribution in [2.45, 2.75) is 59.5 Å². The van der Waals surface area contributed by atoms with E-state index in [9.17, 15) is 18.4 Å². The van der Waals surface area contributed by atoms with E-state index < -0.39 is 18.1 Å². The van der Waals surface area contributed by atoms with E-state index in [1.165, 1.54) is 6.20 Å². The normalized spacial score (nSPS) is 13.7. The summed E-state index contributed by atoms with van der Waals surface area (Å²) in [5, 5.41) is 5.15. The molecule has 0 bridgehead atoms. The first-order valence-electron chi connectivity index (χ1n) is 13.0. The molecule has 2 aromatic carbocycles. The van der Waals surface area contributed by atoms with Gasteiger partial charge >= 0.3 is 6.09 Å². The molecule has 1 aliphatic heterocycles. The van der Waals surface area contributed by atoms with Crippen LogP contribution in [0.1, 0.15) is 56.0 Å². The summed E-state index contributed by atoms with van der Waals surface area (Å²) in [7, 11) is 1.74. The predicted octanol–water partition coefficient (Wildman–Crippen LogP) is 6.82. The highest BCUT2D eigenvalue weighted by Crippen LogP contribution is 2.43. The first kappa shape index (κ1) is 26.6. The standard InChI is InChI=1S/C30H32F2N4O3/c1-17-13-22-24(34(6)28(17)37)10-7-11-25(22)35-12-8-9-19-14-20(21(27(31)32)15-26(19)35)23-16-36(33-18(23)2)29(38)39-30(3,4)5/h7,10-11,13-16,27H,8-9,12H2,1-6H3. The van der Waals surface area contributed by atoms with Gasteiger partial charge in [-0.2, -0.15) is 9.78 Å². The van der Waals surface area contributed by atoms with E-state index >= 15 is 0 Å². The van der Waals surface area contributed by atoms with Gasteiger partial charge in [0.1, 0.15) is 5.60 Å². The van der Waals surface area contributed by atoms with Gasteiger partial charge in [-0.05, 0) is 88.9 Å². The number of pyridine rings is 1. The van der Waals surface area contributed by atoms with Gasteiger partial charge in [0.2, 0.25) is 0 Å². The Kier molecular flexibility index (Phi) is 6.56. The average Bonchev–Trinajstić information content (AvgIpc) is 3.26. The molecule has 0 atom stereocenters. The number of hydrogen-bond acceptors (Lipinski definition) is 5. The minimum Gasteiger partial charge on any atom is -0.442 e. The molecular weight excluding hydrogens is 502 g/mol. The molecule has 0 radical (unpaired) electrons. The van der Waals surface area contributed by atoms with Crippen molar-refractivity contribution < 1.29 is 18.3 Å². The summed E-state index contributed by atoms with van der Waals surface area (Å²) in [6, 6.07) is 11.0. The van der Waals surface area contributed by atoms with E-state index in [2.05, 4.69) is 10.00 Å². The Labute approximate surface area is 225 Å². The van der Waals surface area contributed by atoms with Gasteiger partial charge in [-0.1, -0.05) is 6.07 Å². The molecular formula is C30H32F2N4O3. The lowest BCUT2D eigenvalue weighted by atomic mass is 9.91. The molecule has 204 valence electrons. The van der Waals surface area contributed by atoms with E-state index in [0.29, 0.717) is 28.9 Å². The summed E-state index contributed by atoms with van der Waals surface area (Å²) in [6.45, 7) is 9.39. The SMILES string of the molecule is Cc1nn(C(=O)OC(C)(C)C)cc1-c1cc2c(cc1C(F)F)N(c1cccc3c1cc(C)c(=O)n3C)CCC2. The zero-order valence-electron chi connectivity index (χ0n) is 23.0. The molecule has 2 aromatic heterocycles. The van der Waals surface area contributed by atoms with Gasteiger partial charge in [0.25, 0.3) is 12.0 Å². The summed E-state index contributed by atoms with van der Waals surface area (Å²) < 4.78 is 37.2. The van der Waals surface area contributed by atoms with Crippen LogP contribution >= 0.6 is 0 Å². The fourth-order valence-corrected chi connectivity index (χ4v) is 5.31. The predicted molar refractivity (Wildman–Crippen MR) is 148 cm³/mol. The number of ether oxygens (including phenoxy) is 1. The van der Waals surface area contributed by atoms with Crippen LogP contribution < -0.4 is 10.5 Å². The van der Waals surface area contributed by atoms with Gasteiger partial charge in [0, 0.05) is 47.6 Å². The summed E-state index contributed by atoms with van der Waals surface area (Å²) >= 11 is 0. The maximum Gasteiger partial charge on any atom is 0.435 e. The summed E-state index contributed by atoms with van der Waals surface area (Å²) in [5.74, 6) is 0. The summed E-state index contributed by atoms with van der Waals surface area (Å²) in [4.78, 5) is 27.2. The highest BCUT2D eigenvalue weighted by atomic mass is 19.3. The van der Waals surface area contributed by atoms with E-state index in [4.69, 9.17) is 4.74 Å². The first-order valence-corrected chi connectivity index (χ1v) is 13.0. The molecule has 0 saturated carbocycles. The fourth-order valence-electron chi connectivity index (χ4n) is 5.31. The van der Waals surface area contributed by atoms with Gasteiger partial charge in [-0.15, -0.1) is 0 Å². The number of nitrogens with zero attached hydrogens (tertiary/aromatic N) is 4. The van der Waals surface area contributed by atoms with Gasteiger partial charge in [-0.25, -0.2) is 13.6 Å². The van der Waals surface area contributed by atoms with Crippen LogP contribution in [0.4, 0.5) is 25.0 Å². The van der Waals surface area contributed by atoms with Crippen molar-refractivity contribution >= 4 is 28.4 Å². The fraction of sp³-hybridized carbons (Fsp3) is 0.367. The monoisotopic (exact) mass is 534 g/mol. The van der Waals surface area contributed by atoms with E-state index in [1.807, 2.05) is 24.3 Å². The first-order chi connectivity index (χ1) is 18.4. The highest BCUT2D eigenvalue weighted by Gasteiger charge is 2.27. The van der Waals surface area contributed by atoms with Crippen molar-refractivity contribution in [1.82, 2.24) is 14.3 Å². The topological polar surface area (TPSA) is 69.4 Å². The lowest BCUT2D eigenvalue weighted by molar-refractivity contribution is 0.0514. The van der Waals surface area contributed by atoms with E-state index in [1.54, 1.807) is 58.4 Å². The molecule has 0 saturated heterocycles. The second kappa shape index (κ2) is 9.63. The lowest BCUT2D eigenvalue weighted by Gasteiger charge is -2.33. The highest BCUT2D eigenvalue weighted by molar-refractivity contribution is 5.95. The Bertz CT molecular complexity index is 1660. The molecule has 0 spiro atoms. The third kappa shape index (κ3) is 4.82. The van der Waals surface area contributed by atoms with Gasteiger partial charge in [0.15, 0.2) is 0 Å². The maximum atomic E-state index is 14.6. The van der Waals surface area contributed by atoms with Crippen LogP contribution in [0, 0.1) is 13.8 Å². The molecule has 5 rings (SSSR count). The molecule has 0 aliphatic carbocycles. The lowest BCUT2D eigenvalue weighted by Crippen LogP contribution is -2.27. The second-order valence-electron chi connectivity index (χ2n) is 11.1. The molecule has 0 unspecified atom stereocenters. The molecule has 9 heteroatoms. The Hall–Kier alpha value is -4.01. The van der Waals surface area contributed by atoms with Gasteiger partial charge in [0.05, 0.1) is 16.9 Å². The van der Waals surface area contributed by atoms with E-state index in [-0.39, 0.29) is 11.1 Å². The average molecular weight is 535 g/mol. The van der Waals surface area contributed by atoms with Crippen molar-refractivity contribution in [3.8, 4) is 11.1 Å². The second-order valence-corrected chi connectivity index (χ2v) is 11.1. The van der Waals surface area contributed by atoms with Crippen molar-refractivity contribution in [2.75, 3.05) is 11.4 Å². The Morgan fingerprint density at radius 2 is 1.82 bits per heavy atom. The Morgan fingerprint density at radius 1 is 1.08 bits per heavy atom. The smallest absolute Gasteiger partial charge is 0.435 e. The number of benzene rings is 2. The zero-order valence-corrected chi connectivity index (χ0v) is 23.0. The minimum atomic E-state index is -2.74. The molecule has 0 fully saturated rings. The number of aryl methyl sites for hydroxylation is 4. The van der Waals surface area contributed by atoms with Crippen LogP contribution in [0.25, 0.3) is 22.0 Å². The van der Waals surface area contributed by atoms with E-state index in [0.717, 1.165) is 45.4 Å². The third-order valence-corrected chi connectivity index (χ3v) is 7.09. The summed E-state index contributed by atoms with van der Waals surface area (Å²) in [5.41, 5.74) is 4.30. The number of fused-ring (bicyclic) bond motifs is 2. The molecule has 1 aliphatic rings. The number of carbonyl (C=O) groups excluding carboxylic acids is 1. The third-order valence-electron chi connectivity index (χ3n) is 7.09. The number of aromatic nitrogens is 3. The number of hydrogen-bond donors (Lipinski definition) is 0. The van der Waals surface area contributed by atoms with Gasteiger partial charge in [-0.3, -0.25) is 4.79 Å². The number of halogens is 2. The quantitative estimate of drug-likeness (QED) is 0.288. The van der Waals surface area contributed by atoms with Crippen LogP contribution in [-0.2, 0) is 18.2 Å². The zero-order chi connectivity index (χ0) is 28.2. The Morgan fingerprint density at radius 3 is 2.51 bits per heavy atom. The van der Waals surface area contributed by atoms with Crippen molar-refractivity contribution in [1.29, 1.82) is 0 Å². The number of rotatable bonds is 3. The van der Waals surface area contributed by atoms with Crippen molar-refractivity contribution in [3.63, 3.8) is 0 Å². The van der Waals surface area contributed by atoms with Crippen molar-refractivity contribution in [3.05, 3.63) is 75.3 Å². The van der Waals surface area contributed by atoms with Crippen LogP contribution in [0.2, 0.25) is 0 Å². The van der Waals surface area contributed by atoms with Crippen molar-refractivity contribution in [2.24, 2.45) is 7.05 Å². The molecule has 7 nitrogen and oxygen atoms in total. The Balaban J connectivity index is 1.64. The molecule has 0 N–H and O–H groups in total. The molecule has 39 heavy (non-hydrogen) atoms.